The predicted octanol–water partition coefficient (Wildman–Crippen LogP) is 2.73. The van der Waals surface area contributed by atoms with Gasteiger partial charge in [-0.15, -0.1) is 0 Å². The minimum absolute atomic E-state index is 0.109. The van der Waals surface area contributed by atoms with E-state index < -0.39 is 0 Å². The summed E-state index contributed by atoms with van der Waals surface area (Å²) < 4.78 is 7.49. The van der Waals surface area contributed by atoms with E-state index in [0.717, 1.165) is 10.0 Å². The maximum atomic E-state index is 12.5. The van der Waals surface area contributed by atoms with Gasteiger partial charge in [-0.2, -0.15) is 5.10 Å². The molecule has 0 fully saturated rings. The number of carbonyl (C=O) groups excluding carboxylic acids is 1. The van der Waals surface area contributed by atoms with Gasteiger partial charge in [0.1, 0.15) is 0 Å². The number of hydrogen-bond donors (Lipinski definition) is 0. The highest BCUT2D eigenvalue weighted by molar-refractivity contribution is 9.10. The zero-order valence-corrected chi connectivity index (χ0v) is 12.0. The van der Waals surface area contributed by atoms with Crippen LogP contribution in [0, 0.1) is 6.92 Å². The lowest BCUT2D eigenvalue weighted by molar-refractivity contribution is 0.102. The molecule has 0 aliphatic heterocycles. The Morgan fingerprint density at radius 1 is 1.44 bits per heavy atom. The predicted molar refractivity (Wildman–Crippen MR) is 72.1 cm³/mol. The van der Waals surface area contributed by atoms with Gasteiger partial charge < -0.3 is 4.74 Å². The molecular formula is C13H13BrN2O2. The second kappa shape index (κ2) is 4.94. The summed E-state index contributed by atoms with van der Waals surface area (Å²) in [5.74, 6) is 0.373. The number of hydrogen-bond acceptors (Lipinski definition) is 3. The monoisotopic (exact) mass is 308 g/mol. The standard InChI is InChI=1S/C13H13BrN2O2/c1-8-5-4-6-9(11(8)14)13(17)12-10(18-3)7-15-16(12)2/h4-7H,1-3H3. The van der Waals surface area contributed by atoms with Crippen LogP contribution in [0.5, 0.6) is 5.75 Å². The molecule has 0 spiro atoms. The first-order valence-electron chi connectivity index (χ1n) is 5.42. The average Bonchev–Trinajstić information content (AvgIpc) is 2.73. The van der Waals surface area contributed by atoms with E-state index in [2.05, 4.69) is 21.0 Å². The summed E-state index contributed by atoms with van der Waals surface area (Å²) >= 11 is 3.45. The van der Waals surface area contributed by atoms with Crippen LogP contribution in [-0.2, 0) is 7.05 Å². The van der Waals surface area contributed by atoms with Crippen LogP contribution < -0.4 is 4.74 Å². The molecule has 0 saturated heterocycles. The van der Waals surface area contributed by atoms with Crippen molar-refractivity contribution in [2.45, 2.75) is 6.92 Å². The molecule has 0 unspecified atom stereocenters. The fourth-order valence-electron chi connectivity index (χ4n) is 1.78. The van der Waals surface area contributed by atoms with Gasteiger partial charge in [0.05, 0.1) is 13.3 Å². The number of halogens is 1. The van der Waals surface area contributed by atoms with Crippen molar-refractivity contribution in [3.63, 3.8) is 0 Å². The van der Waals surface area contributed by atoms with Gasteiger partial charge in [-0.1, -0.05) is 12.1 Å². The number of benzene rings is 1. The third-order valence-corrected chi connectivity index (χ3v) is 3.83. The van der Waals surface area contributed by atoms with Crippen molar-refractivity contribution in [2.75, 3.05) is 7.11 Å². The molecule has 1 aromatic carbocycles. The van der Waals surface area contributed by atoms with Crippen molar-refractivity contribution in [1.29, 1.82) is 0 Å². The number of carbonyl (C=O) groups is 1. The molecule has 1 aromatic heterocycles. The maximum Gasteiger partial charge on any atom is 0.215 e. The quantitative estimate of drug-likeness (QED) is 0.819. The first-order chi connectivity index (χ1) is 8.56. The van der Waals surface area contributed by atoms with Gasteiger partial charge in [0, 0.05) is 17.1 Å². The van der Waals surface area contributed by atoms with Gasteiger partial charge in [0.2, 0.25) is 5.78 Å². The van der Waals surface area contributed by atoms with Crippen molar-refractivity contribution in [3.8, 4) is 5.75 Å². The lowest BCUT2D eigenvalue weighted by atomic mass is 10.1. The Morgan fingerprint density at radius 3 is 2.83 bits per heavy atom. The van der Waals surface area contributed by atoms with Crippen LogP contribution in [0.3, 0.4) is 0 Å². The molecule has 18 heavy (non-hydrogen) atoms. The SMILES string of the molecule is COc1cnn(C)c1C(=O)c1cccc(C)c1Br. The molecule has 94 valence electrons. The molecule has 0 saturated carbocycles. The number of ketones is 1. The Hall–Kier alpha value is -1.62. The molecular weight excluding hydrogens is 296 g/mol. The smallest absolute Gasteiger partial charge is 0.215 e. The lowest BCUT2D eigenvalue weighted by Crippen LogP contribution is -2.10. The molecule has 0 aliphatic carbocycles. The van der Waals surface area contributed by atoms with Crippen molar-refractivity contribution >= 4 is 21.7 Å². The third-order valence-electron chi connectivity index (χ3n) is 2.78. The van der Waals surface area contributed by atoms with Gasteiger partial charge >= 0.3 is 0 Å². The summed E-state index contributed by atoms with van der Waals surface area (Å²) in [6.07, 6.45) is 1.54. The largest absolute Gasteiger partial charge is 0.493 e. The van der Waals surface area contributed by atoms with Gasteiger partial charge in [-0.25, -0.2) is 0 Å². The Balaban J connectivity index is 2.55. The van der Waals surface area contributed by atoms with Gasteiger partial charge in [-0.3, -0.25) is 9.48 Å². The maximum absolute atomic E-state index is 12.5. The molecule has 4 nitrogen and oxygen atoms in total. The highest BCUT2D eigenvalue weighted by Gasteiger charge is 2.21. The van der Waals surface area contributed by atoms with E-state index in [0.29, 0.717) is 17.0 Å². The van der Waals surface area contributed by atoms with E-state index in [9.17, 15) is 4.79 Å². The minimum atomic E-state index is -0.109. The molecule has 0 radical (unpaired) electrons. The number of rotatable bonds is 3. The fourth-order valence-corrected chi connectivity index (χ4v) is 2.22. The number of aromatic nitrogens is 2. The zero-order valence-electron chi connectivity index (χ0n) is 10.4. The van der Waals surface area contributed by atoms with E-state index >= 15 is 0 Å². The van der Waals surface area contributed by atoms with Crippen LogP contribution in [0.4, 0.5) is 0 Å². The summed E-state index contributed by atoms with van der Waals surface area (Å²) in [5.41, 5.74) is 2.07. The average molecular weight is 309 g/mol. The minimum Gasteiger partial charge on any atom is -0.493 e. The molecule has 0 N–H and O–H groups in total. The fraction of sp³-hybridized carbons (Fsp3) is 0.231. The summed E-state index contributed by atoms with van der Waals surface area (Å²) in [5, 5.41) is 4.04. The summed E-state index contributed by atoms with van der Waals surface area (Å²) in [4.78, 5) is 12.5. The van der Waals surface area contributed by atoms with Crippen molar-refractivity contribution in [2.24, 2.45) is 7.05 Å². The van der Waals surface area contributed by atoms with Crippen LogP contribution in [0.1, 0.15) is 21.6 Å². The number of methoxy groups -OCH3 is 1. The first-order valence-corrected chi connectivity index (χ1v) is 6.21. The van der Waals surface area contributed by atoms with Crippen molar-refractivity contribution < 1.29 is 9.53 Å². The van der Waals surface area contributed by atoms with E-state index in [-0.39, 0.29) is 5.78 Å². The molecule has 2 aromatic rings. The number of aryl methyl sites for hydroxylation is 2. The third kappa shape index (κ3) is 2.06. The molecule has 0 bridgehead atoms. The van der Waals surface area contributed by atoms with Crippen LogP contribution in [0.2, 0.25) is 0 Å². The van der Waals surface area contributed by atoms with E-state index in [1.165, 1.54) is 18.0 Å². The Morgan fingerprint density at radius 2 is 2.17 bits per heavy atom. The number of ether oxygens (including phenoxy) is 1. The van der Waals surface area contributed by atoms with Gasteiger partial charge in [-0.05, 0) is 34.5 Å². The summed E-state index contributed by atoms with van der Waals surface area (Å²) in [7, 11) is 3.25. The van der Waals surface area contributed by atoms with Gasteiger partial charge in [0.15, 0.2) is 11.4 Å². The lowest BCUT2D eigenvalue weighted by Gasteiger charge is -2.08. The molecule has 0 amide bonds. The normalized spacial score (nSPS) is 10.4. The Labute approximate surface area is 114 Å². The Bertz CT molecular complexity index is 605. The van der Waals surface area contributed by atoms with Crippen molar-refractivity contribution in [1.82, 2.24) is 9.78 Å². The number of nitrogens with zero attached hydrogens (tertiary/aromatic N) is 2. The molecule has 0 aliphatic rings. The van der Waals surface area contributed by atoms with Crippen LogP contribution >= 0.6 is 15.9 Å². The molecule has 2 rings (SSSR count). The first kappa shape index (κ1) is 12.8. The highest BCUT2D eigenvalue weighted by Crippen LogP contribution is 2.26. The van der Waals surface area contributed by atoms with Gasteiger partial charge in [0.25, 0.3) is 0 Å². The second-order valence-corrected chi connectivity index (χ2v) is 4.74. The second-order valence-electron chi connectivity index (χ2n) is 3.95. The summed E-state index contributed by atoms with van der Waals surface area (Å²) in [6, 6.07) is 5.59. The van der Waals surface area contributed by atoms with E-state index in [1.54, 1.807) is 13.1 Å². The molecule has 5 heteroatoms. The molecule has 1 heterocycles. The summed E-state index contributed by atoms with van der Waals surface area (Å²) in [6.45, 7) is 1.95. The van der Waals surface area contributed by atoms with Crippen LogP contribution in [0.15, 0.2) is 28.9 Å². The van der Waals surface area contributed by atoms with Crippen LogP contribution in [0.25, 0.3) is 0 Å². The topological polar surface area (TPSA) is 44.1 Å². The zero-order chi connectivity index (χ0) is 13.3. The highest BCUT2D eigenvalue weighted by atomic mass is 79.9. The van der Waals surface area contributed by atoms with Crippen LogP contribution in [-0.4, -0.2) is 22.7 Å². The Kier molecular flexibility index (Phi) is 3.52. The van der Waals surface area contributed by atoms with E-state index in [4.69, 9.17) is 4.74 Å². The van der Waals surface area contributed by atoms with E-state index in [1.807, 2.05) is 19.1 Å². The van der Waals surface area contributed by atoms with Crippen molar-refractivity contribution in [3.05, 3.63) is 45.7 Å². The molecule has 0 atom stereocenters.